The minimum absolute atomic E-state index is 0.468. The van der Waals surface area contributed by atoms with Crippen molar-refractivity contribution in [1.29, 1.82) is 0 Å². The van der Waals surface area contributed by atoms with E-state index >= 15 is 0 Å². The highest BCUT2D eigenvalue weighted by Gasteiger charge is 2.42. The maximum atomic E-state index is 10.3. The quantitative estimate of drug-likeness (QED) is 0.669. The summed E-state index contributed by atoms with van der Waals surface area (Å²) in [5, 5.41) is 10.3. The first kappa shape index (κ1) is 12.2. The number of hydrogen-bond donors (Lipinski definition) is 1. The van der Waals surface area contributed by atoms with Crippen LogP contribution in [0.1, 0.15) is 53.4 Å². The zero-order valence-electron chi connectivity index (χ0n) is 11.2. The number of hydrogen-bond acceptors (Lipinski definition) is 1. The molecule has 0 bridgehead atoms. The molecule has 2 unspecified atom stereocenters. The Bertz CT molecular complexity index is 284. The largest absolute Gasteiger partial charge is 0.390 e. The van der Waals surface area contributed by atoms with Crippen molar-refractivity contribution in [2.45, 2.75) is 59.0 Å². The van der Waals surface area contributed by atoms with E-state index in [0.717, 1.165) is 11.8 Å². The smallest absolute Gasteiger partial charge is 0.0622 e. The average molecular weight is 222 g/mol. The van der Waals surface area contributed by atoms with Crippen LogP contribution in [-0.4, -0.2) is 10.7 Å². The van der Waals surface area contributed by atoms with Crippen molar-refractivity contribution in [2.75, 3.05) is 0 Å². The van der Waals surface area contributed by atoms with E-state index in [1.807, 2.05) is 13.8 Å². The molecule has 0 amide bonds. The highest BCUT2D eigenvalue weighted by atomic mass is 16.3. The molecule has 1 heteroatoms. The second-order valence-electron chi connectivity index (χ2n) is 6.52. The third-order valence-corrected chi connectivity index (χ3v) is 4.92. The Morgan fingerprint density at radius 3 is 2.56 bits per heavy atom. The predicted molar refractivity (Wildman–Crippen MR) is 68.2 cm³/mol. The minimum Gasteiger partial charge on any atom is -0.390 e. The summed E-state index contributed by atoms with van der Waals surface area (Å²) in [4.78, 5) is 0. The Balaban J connectivity index is 2.22. The lowest BCUT2D eigenvalue weighted by Gasteiger charge is -2.47. The first-order valence-electron chi connectivity index (χ1n) is 6.82. The lowest BCUT2D eigenvalue weighted by molar-refractivity contribution is -0.0367. The van der Waals surface area contributed by atoms with Gasteiger partial charge in [0.2, 0.25) is 0 Å². The van der Waals surface area contributed by atoms with Gasteiger partial charge in [-0.2, -0.15) is 0 Å². The molecule has 16 heavy (non-hydrogen) atoms. The van der Waals surface area contributed by atoms with Crippen molar-refractivity contribution >= 4 is 0 Å². The van der Waals surface area contributed by atoms with Gasteiger partial charge in [-0.1, -0.05) is 25.5 Å². The van der Waals surface area contributed by atoms with E-state index in [-0.39, 0.29) is 0 Å². The minimum atomic E-state index is -0.512. The Morgan fingerprint density at radius 2 is 1.94 bits per heavy atom. The van der Waals surface area contributed by atoms with Gasteiger partial charge in [-0.25, -0.2) is 0 Å². The molecule has 0 spiro atoms. The molecule has 0 heterocycles. The fraction of sp³-hybridized carbons (Fsp3) is 0.867. The van der Waals surface area contributed by atoms with Gasteiger partial charge < -0.3 is 5.11 Å². The second kappa shape index (κ2) is 4.18. The van der Waals surface area contributed by atoms with Gasteiger partial charge in [0.15, 0.2) is 0 Å². The van der Waals surface area contributed by atoms with Crippen molar-refractivity contribution in [3.63, 3.8) is 0 Å². The van der Waals surface area contributed by atoms with Crippen LogP contribution >= 0.6 is 0 Å². The Labute approximate surface area is 99.9 Å². The summed E-state index contributed by atoms with van der Waals surface area (Å²) in [5.74, 6) is 2.64. The van der Waals surface area contributed by atoms with E-state index in [1.54, 1.807) is 5.57 Å². The lowest BCUT2D eigenvalue weighted by Crippen LogP contribution is -2.43. The van der Waals surface area contributed by atoms with Crippen LogP contribution in [0.4, 0.5) is 0 Å². The Hall–Kier alpha value is -0.300. The summed E-state index contributed by atoms with van der Waals surface area (Å²) in [7, 11) is 0. The molecule has 1 fully saturated rings. The molecule has 0 aromatic rings. The van der Waals surface area contributed by atoms with Crippen LogP contribution in [0.3, 0.4) is 0 Å². The van der Waals surface area contributed by atoms with E-state index < -0.39 is 5.60 Å². The predicted octanol–water partition coefficient (Wildman–Crippen LogP) is 3.78. The Kier molecular flexibility index (Phi) is 3.18. The Morgan fingerprint density at radius 1 is 1.25 bits per heavy atom. The summed E-state index contributed by atoms with van der Waals surface area (Å²) in [6, 6.07) is 0. The van der Waals surface area contributed by atoms with E-state index in [9.17, 15) is 5.11 Å². The van der Waals surface area contributed by atoms with Crippen LogP contribution in [0.15, 0.2) is 11.6 Å². The fourth-order valence-corrected chi connectivity index (χ4v) is 4.17. The molecule has 2 aliphatic rings. The van der Waals surface area contributed by atoms with E-state index in [1.165, 1.54) is 25.7 Å². The second-order valence-corrected chi connectivity index (χ2v) is 6.52. The first-order chi connectivity index (χ1) is 7.41. The molecule has 0 aromatic carbocycles. The van der Waals surface area contributed by atoms with Crippen LogP contribution in [0.5, 0.6) is 0 Å². The number of fused-ring (bicyclic) bond motifs is 1. The summed E-state index contributed by atoms with van der Waals surface area (Å²) < 4.78 is 0. The standard InChI is InChI=1S/C15H26O/c1-10-6-5-7-12-8-9-13(15(3,4)16)11(2)14(10)12/h7,10-11,13-14,16H,5-6,8-9H2,1-4H3/t10-,11+,13?,14?/m0/s1. The third-order valence-electron chi connectivity index (χ3n) is 4.92. The molecule has 2 aliphatic carbocycles. The van der Waals surface area contributed by atoms with Gasteiger partial charge in [0.05, 0.1) is 5.60 Å². The lowest BCUT2D eigenvalue weighted by atomic mass is 9.60. The van der Waals surface area contributed by atoms with Crippen molar-refractivity contribution < 1.29 is 5.11 Å². The maximum absolute atomic E-state index is 10.3. The van der Waals surface area contributed by atoms with Crippen molar-refractivity contribution in [1.82, 2.24) is 0 Å². The topological polar surface area (TPSA) is 20.2 Å². The van der Waals surface area contributed by atoms with Gasteiger partial charge in [0.25, 0.3) is 0 Å². The monoisotopic (exact) mass is 222 g/mol. The van der Waals surface area contributed by atoms with Gasteiger partial charge in [-0.3, -0.25) is 0 Å². The first-order valence-corrected chi connectivity index (χ1v) is 6.82. The molecule has 0 saturated heterocycles. The molecule has 1 saturated carbocycles. The van der Waals surface area contributed by atoms with E-state index in [4.69, 9.17) is 0 Å². The van der Waals surface area contributed by atoms with Crippen molar-refractivity contribution in [2.24, 2.45) is 23.7 Å². The summed E-state index contributed by atoms with van der Waals surface area (Å²) >= 11 is 0. The zero-order valence-corrected chi connectivity index (χ0v) is 11.2. The van der Waals surface area contributed by atoms with Gasteiger partial charge in [-0.05, 0) is 63.2 Å². The molecule has 1 N–H and O–H groups in total. The molecule has 0 aromatic heterocycles. The van der Waals surface area contributed by atoms with Gasteiger partial charge in [0, 0.05) is 0 Å². The number of rotatable bonds is 1. The summed E-state index contributed by atoms with van der Waals surface area (Å²) in [6.45, 7) is 8.70. The van der Waals surface area contributed by atoms with Gasteiger partial charge >= 0.3 is 0 Å². The number of aliphatic hydroxyl groups is 1. The molecule has 2 rings (SSSR count). The zero-order chi connectivity index (χ0) is 11.9. The van der Waals surface area contributed by atoms with Crippen LogP contribution in [0.25, 0.3) is 0 Å². The van der Waals surface area contributed by atoms with E-state index in [0.29, 0.717) is 11.8 Å². The SMILES string of the molecule is C[C@H]1C2C(=CCC[C@@H]2C)CCC1C(C)(C)O. The molecular weight excluding hydrogens is 196 g/mol. The maximum Gasteiger partial charge on any atom is 0.0622 e. The highest BCUT2D eigenvalue weighted by Crippen LogP contribution is 2.48. The average Bonchev–Trinajstić information content (AvgIpc) is 2.16. The molecule has 0 aliphatic heterocycles. The van der Waals surface area contributed by atoms with E-state index in [2.05, 4.69) is 19.9 Å². The van der Waals surface area contributed by atoms with Crippen LogP contribution in [0.2, 0.25) is 0 Å². The molecule has 92 valence electrons. The molecule has 1 nitrogen and oxygen atoms in total. The van der Waals surface area contributed by atoms with Crippen LogP contribution in [-0.2, 0) is 0 Å². The molecular formula is C15H26O. The van der Waals surface area contributed by atoms with Crippen molar-refractivity contribution in [3.05, 3.63) is 11.6 Å². The van der Waals surface area contributed by atoms with Crippen LogP contribution in [0, 0.1) is 23.7 Å². The summed E-state index contributed by atoms with van der Waals surface area (Å²) in [6.07, 6.45) is 7.46. The fourth-order valence-electron chi connectivity index (χ4n) is 4.17. The molecule has 4 atom stereocenters. The van der Waals surface area contributed by atoms with Gasteiger partial charge in [-0.15, -0.1) is 0 Å². The normalized spacial score (nSPS) is 40.2. The molecule has 0 radical (unpaired) electrons. The highest BCUT2D eigenvalue weighted by molar-refractivity contribution is 5.17. The number of allylic oxidation sites excluding steroid dienone is 2. The van der Waals surface area contributed by atoms with Gasteiger partial charge in [0.1, 0.15) is 0 Å². The van der Waals surface area contributed by atoms with Crippen LogP contribution < -0.4 is 0 Å². The third kappa shape index (κ3) is 2.07. The van der Waals surface area contributed by atoms with Crippen molar-refractivity contribution in [3.8, 4) is 0 Å². The summed E-state index contributed by atoms with van der Waals surface area (Å²) in [5.41, 5.74) is 1.18.